The Morgan fingerprint density at radius 3 is 2.59 bits per heavy atom. The molecule has 0 atom stereocenters. The lowest BCUT2D eigenvalue weighted by Crippen LogP contribution is -2.26. The van der Waals surface area contributed by atoms with Gasteiger partial charge in [0.25, 0.3) is 5.91 Å². The first-order valence-corrected chi connectivity index (χ1v) is 7.35. The Bertz CT molecular complexity index is 616. The zero-order valence-electron chi connectivity index (χ0n) is 11.6. The van der Waals surface area contributed by atoms with Gasteiger partial charge in [0.2, 0.25) is 0 Å². The summed E-state index contributed by atoms with van der Waals surface area (Å²) in [5.41, 5.74) is 5.69. The first-order valence-electron chi connectivity index (χ1n) is 6.47. The van der Waals surface area contributed by atoms with Crippen LogP contribution in [0, 0.1) is 11.6 Å². The monoisotopic (exact) mass is 347 g/mol. The van der Waals surface area contributed by atoms with Crippen molar-refractivity contribution in [1.82, 2.24) is 10.3 Å². The molecule has 0 aliphatic heterocycles. The van der Waals surface area contributed by atoms with E-state index < -0.39 is 11.6 Å². The van der Waals surface area contributed by atoms with Gasteiger partial charge in [-0.2, -0.15) is 0 Å². The minimum atomic E-state index is -0.608. The molecule has 0 fully saturated rings. The van der Waals surface area contributed by atoms with Crippen molar-refractivity contribution in [1.29, 1.82) is 0 Å². The SMILES string of the molecule is Cl.NCCc1nc(C(=O)NCCc2c(F)cccc2F)cs1. The van der Waals surface area contributed by atoms with E-state index in [2.05, 4.69) is 10.3 Å². The van der Waals surface area contributed by atoms with Crippen molar-refractivity contribution in [2.24, 2.45) is 5.73 Å². The molecular weight excluding hydrogens is 332 g/mol. The van der Waals surface area contributed by atoms with Gasteiger partial charge in [-0.05, 0) is 25.1 Å². The molecule has 0 unspecified atom stereocenters. The average Bonchev–Trinajstić information content (AvgIpc) is 2.91. The van der Waals surface area contributed by atoms with Crippen LogP contribution in [0.3, 0.4) is 0 Å². The van der Waals surface area contributed by atoms with E-state index in [1.807, 2.05) is 0 Å². The summed E-state index contributed by atoms with van der Waals surface area (Å²) < 4.78 is 26.8. The molecular formula is C14H16ClF2N3OS. The van der Waals surface area contributed by atoms with Crippen LogP contribution in [0.1, 0.15) is 21.1 Å². The number of nitrogens with zero attached hydrogens (tertiary/aromatic N) is 1. The molecule has 0 saturated heterocycles. The second-order valence-corrected chi connectivity index (χ2v) is 5.31. The van der Waals surface area contributed by atoms with Crippen molar-refractivity contribution in [3.8, 4) is 0 Å². The smallest absolute Gasteiger partial charge is 0.270 e. The highest BCUT2D eigenvalue weighted by Crippen LogP contribution is 2.13. The third-order valence-corrected chi connectivity index (χ3v) is 3.77. The Kier molecular flexibility index (Phi) is 7.37. The van der Waals surface area contributed by atoms with Crippen molar-refractivity contribution in [2.75, 3.05) is 13.1 Å². The van der Waals surface area contributed by atoms with Gasteiger partial charge < -0.3 is 11.1 Å². The second-order valence-electron chi connectivity index (χ2n) is 4.37. The molecule has 0 bridgehead atoms. The van der Waals surface area contributed by atoms with Gasteiger partial charge in [-0.3, -0.25) is 4.79 Å². The van der Waals surface area contributed by atoms with E-state index >= 15 is 0 Å². The van der Waals surface area contributed by atoms with Gasteiger partial charge in [-0.25, -0.2) is 13.8 Å². The summed E-state index contributed by atoms with van der Waals surface area (Å²) in [4.78, 5) is 16.0. The minimum absolute atomic E-state index is 0. The van der Waals surface area contributed by atoms with Crippen molar-refractivity contribution < 1.29 is 13.6 Å². The lowest BCUT2D eigenvalue weighted by molar-refractivity contribution is 0.0949. The number of halogens is 3. The summed E-state index contributed by atoms with van der Waals surface area (Å²) >= 11 is 1.37. The molecule has 0 spiro atoms. The fourth-order valence-corrected chi connectivity index (χ4v) is 2.61. The van der Waals surface area contributed by atoms with E-state index in [9.17, 15) is 13.6 Å². The Morgan fingerprint density at radius 1 is 1.27 bits per heavy atom. The van der Waals surface area contributed by atoms with Gasteiger partial charge in [-0.1, -0.05) is 6.07 Å². The zero-order chi connectivity index (χ0) is 15.2. The number of hydrogen-bond acceptors (Lipinski definition) is 4. The van der Waals surface area contributed by atoms with E-state index in [0.29, 0.717) is 18.7 Å². The largest absolute Gasteiger partial charge is 0.350 e. The highest BCUT2D eigenvalue weighted by molar-refractivity contribution is 7.09. The van der Waals surface area contributed by atoms with Crippen LogP contribution in [0.25, 0.3) is 0 Å². The maximum absolute atomic E-state index is 13.4. The third kappa shape index (κ3) is 4.72. The van der Waals surface area contributed by atoms with Gasteiger partial charge in [0.15, 0.2) is 0 Å². The summed E-state index contributed by atoms with van der Waals surface area (Å²) in [6.45, 7) is 0.613. The van der Waals surface area contributed by atoms with Crippen LogP contribution in [0.4, 0.5) is 8.78 Å². The molecule has 4 nitrogen and oxygen atoms in total. The molecule has 0 radical (unpaired) electrons. The number of amides is 1. The summed E-state index contributed by atoms with van der Waals surface area (Å²) in [6.07, 6.45) is 0.711. The molecule has 8 heteroatoms. The number of rotatable bonds is 6. The van der Waals surface area contributed by atoms with Gasteiger partial charge in [-0.15, -0.1) is 23.7 Å². The number of carbonyl (C=O) groups is 1. The summed E-state index contributed by atoms with van der Waals surface area (Å²) in [7, 11) is 0. The molecule has 1 aromatic heterocycles. The van der Waals surface area contributed by atoms with Crippen molar-refractivity contribution in [2.45, 2.75) is 12.8 Å². The highest BCUT2D eigenvalue weighted by atomic mass is 35.5. The van der Waals surface area contributed by atoms with E-state index in [0.717, 1.165) is 5.01 Å². The van der Waals surface area contributed by atoms with Gasteiger partial charge in [0, 0.05) is 23.9 Å². The lowest BCUT2D eigenvalue weighted by atomic mass is 10.1. The number of thiazole rings is 1. The normalized spacial score (nSPS) is 10.1. The molecule has 2 rings (SSSR count). The molecule has 1 heterocycles. The number of hydrogen-bond donors (Lipinski definition) is 2. The minimum Gasteiger partial charge on any atom is -0.350 e. The maximum Gasteiger partial charge on any atom is 0.270 e. The van der Waals surface area contributed by atoms with Crippen molar-refractivity contribution in [3.05, 3.63) is 51.5 Å². The lowest BCUT2D eigenvalue weighted by Gasteiger charge is -2.06. The van der Waals surface area contributed by atoms with Crippen molar-refractivity contribution >= 4 is 29.7 Å². The molecule has 1 aromatic carbocycles. The maximum atomic E-state index is 13.4. The highest BCUT2D eigenvalue weighted by Gasteiger charge is 2.12. The Labute approximate surface area is 137 Å². The first-order chi connectivity index (χ1) is 10.1. The van der Waals surface area contributed by atoms with Crippen LogP contribution >= 0.6 is 23.7 Å². The molecule has 3 N–H and O–H groups in total. The summed E-state index contributed by atoms with van der Waals surface area (Å²) in [5, 5.41) is 5.04. The van der Waals surface area contributed by atoms with Gasteiger partial charge in [0.1, 0.15) is 17.3 Å². The first kappa shape index (κ1) is 18.5. The van der Waals surface area contributed by atoms with Crippen LogP contribution in [0.15, 0.2) is 23.6 Å². The Hall–Kier alpha value is -1.57. The van der Waals surface area contributed by atoms with Crippen LogP contribution in [-0.4, -0.2) is 24.0 Å². The predicted octanol–water partition coefficient (Wildman–Crippen LogP) is 2.32. The molecule has 2 aromatic rings. The topological polar surface area (TPSA) is 68.0 Å². The van der Waals surface area contributed by atoms with E-state index in [1.54, 1.807) is 5.38 Å². The van der Waals surface area contributed by atoms with E-state index in [-0.39, 0.29) is 36.8 Å². The predicted molar refractivity (Wildman–Crippen MR) is 84.5 cm³/mol. The number of benzene rings is 1. The zero-order valence-corrected chi connectivity index (χ0v) is 13.3. The molecule has 120 valence electrons. The second kappa shape index (κ2) is 8.77. The number of nitrogens with one attached hydrogen (secondary N) is 1. The quantitative estimate of drug-likeness (QED) is 0.842. The summed E-state index contributed by atoms with van der Waals surface area (Å²) in [6, 6.07) is 3.69. The number of carbonyl (C=O) groups excluding carboxylic acids is 1. The average molecular weight is 348 g/mol. The van der Waals surface area contributed by atoms with Crippen LogP contribution in [-0.2, 0) is 12.8 Å². The Morgan fingerprint density at radius 2 is 1.95 bits per heavy atom. The number of nitrogens with two attached hydrogens (primary N) is 1. The van der Waals surface area contributed by atoms with Crippen molar-refractivity contribution in [3.63, 3.8) is 0 Å². The Balaban J connectivity index is 0.00000242. The molecule has 0 aliphatic carbocycles. The van der Waals surface area contributed by atoms with Crippen LogP contribution < -0.4 is 11.1 Å². The summed E-state index contributed by atoms with van der Waals surface area (Å²) in [5.74, 6) is -1.57. The molecule has 1 amide bonds. The molecule has 0 aliphatic rings. The van der Waals surface area contributed by atoms with E-state index in [4.69, 9.17) is 5.73 Å². The standard InChI is InChI=1S/C14H15F2N3OS.ClH/c15-10-2-1-3-11(16)9(10)5-7-18-14(20)12-8-21-13(19-12)4-6-17;/h1-3,8H,4-7,17H2,(H,18,20);1H. The van der Waals surface area contributed by atoms with Crippen LogP contribution in [0.2, 0.25) is 0 Å². The fraction of sp³-hybridized carbons (Fsp3) is 0.286. The molecule has 0 saturated carbocycles. The van der Waals surface area contributed by atoms with Gasteiger partial charge in [0.05, 0.1) is 5.01 Å². The molecule has 22 heavy (non-hydrogen) atoms. The fourth-order valence-electron chi connectivity index (χ4n) is 1.82. The van der Waals surface area contributed by atoms with Crippen LogP contribution in [0.5, 0.6) is 0 Å². The van der Waals surface area contributed by atoms with Gasteiger partial charge >= 0.3 is 0 Å². The van der Waals surface area contributed by atoms with E-state index in [1.165, 1.54) is 29.5 Å². The number of aromatic nitrogens is 1. The third-order valence-electron chi connectivity index (χ3n) is 2.86.